The Morgan fingerprint density at radius 2 is 1.94 bits per heavy atom. The first kappa shape index (κ1) is 24.2. The molecular weight excluding hydrogens is 403 g/mol. The van der Waals surface area contributed by atoms with E-state index in [1.807, 2.05) is 12.1 Å². The van der Waals surface area contributed by atoms with Gasteiger partial charge in [0.1, 0.15) is 5.82 Å². The van der Waals surface area contributed by atoms with E-state index in [1.165, 1.54) is 6.07 Å². The smallest absolute Gasteiger partial charge is 0.237 e. The number of benzene rings is 1. The summed E-state index contributed by atoms with van der Waals surface area (Å²) in [6, 6.07) is 6.56. The molecule has 3 rings (SSSR count). The number of fused-ring (bicyclic) bond motifs is 1. The lowest BCUT2D eigenvalue weighted by atomic mass is 9.88. The highest BCUT2D eigenvalue weighted by atomic mass is 19.1. The number of amides is 1. The maximum atomic E-state index is 13.9. The van der Waals surface area contributed by atoms with Crippen molar-refractivity contribution in [2.24, 2.45) is 0 Å². The van der Waals surface area contributed by atoms with Gasteiger partial charge in [-0.2, -0.15) is 0 Å². The van der Waals surface area contributed by atoms with Crippen molar-refractivity contribution in [3.8, 4) is 0 Å². The molecule has 1 saturated heterocycles. The summed E-state index contributed by atoms with van der Waals surface area (Å²) in [5.74, 6) is -0.123. The Kier molecular flexibility index (Phi) is 8.24. The predicted molar refractivity (Wildman–Crippen MR) is 130 cm³/mol. The molecule has 1 aliphatic rings. The largest absolute Gasteiger partial charge is 0.368 e. The van der Waals surface area contributed by atoms with Crippen LogP contribution in [0, 0.1) is 5.82 Å². The van der Waals surface area contributed by atoms with Crippen molar-refractivity contribution in [2.75, 3.05) is 31.1 Å². The predicted octanol–water partition coefficient (Wildman–Crippen LogP) is 4.92. The summed E-state index contributed by atoms with van der Waals surface area (Å²) in [4.78, 5) is 22.3. The van der Waals surface area contributed by atoms with Crippen LogP contribution in [0.15, 0.2) is 43.1 Å². The number of nitrogens with one attached hydrogen (secondary N) is 1. The number of carbonyl (C=O) groups excluding carboxylic acids is 1. The van der Waals surface area contributed by atoms with Crippen LogP contribution in [0.4, 0.5) is 10.1 Å². The highest BCUT2D eigenvalue weighted by Gasteiger charge is 2.33. The van der Waals surface area contributed by atoms with Crippen molar-refractivity contribution in [1.29, 1.82) is 0 Å². The lowest BCUT2D eigenvalue weighted by molar-refractivity contribution is -0.129. The van der Waals surface area contributed by atoms with E-state index in [0.717, 1.165) is 74.9 Å². The fourth-order valence-electron chi connectivity index (χ4n) is 4.79. The fourth-order valence-corrected chi connectivity index (χ4v) is 4.79. The number of anilines is 1. The standard InChI is InChI=1S/C26H37FN4O/c1-5-9-24(25(32)29-26(7-3,8-4)13-6-2)31-17-15-30(16-18-31)23-12-14-28-22-11-10-20(27)19-21(22)23/h6,10-12,14,19,24H,2,5,7-9,13,15-18H2,1,3-4H3,(H,29,32). The summed E-state index contributed by atoms with van der Waals surface area (Å²) in [5, 5.41) is 4.21. The van der Waals surface area contributed by atoms with Gasteiger partial charge in [-0.25, -0.2) is 4.39 Å². The van der Waals surface area contributed by atoms with Crippen LogP contribution in [0.1, 0.15) is 52.9 Å². The van der Waals surface area contributed by atoms with Gasteiger partial charge in [0, 0.05) is 49.0 Å². The first-order chi connectivity index (χ1) is 15.5. The zero-order valence-corrected chi connectivity index (χ0v) is 19.7. The zero-order chi connectivity index (χ0) is 23.1. The molecule has 1 fully saturated rings. The molecule has 32 heavy (non-hydrogen) atoms. The van der Waals surface area contributed by atoms with E-state index >= 15 is 0 Å². The summed E-state index contributed by atoms with van der Waals surface area (Å²) in [6.07, 6.45) is 8.04. The van der Waals surface area contributed by atoms with E-state index in [9.17, 15) is 9.18 Å². The molecule has 1 aromatic heterocycles. The maximum Gasteiger partial charge on any atom is 0.237 e. The highest BCUT2D eigenvalue weighted by Crippen LogP contribution is 2.28. The van der Waals surface area contributed by atoms with Gasteiger partial charge in [0.25, 0.3) is 0 Å². The number of aromatic nitrogens is 1. The molecule has 1 aliphatic heterocycles. The van der Waals surface area contributed by atoms with Gasteiger partial charge < -0.3 is 10.2 Å². The number of halogens is 1. The average molecular weight is 441 g/mol. The van der Waals surface area contributed by atoms with Gasteiger partial charge in [0.05, 0.1) is 11.6 Å². The normalized spacial score (nSPS) is 16.2. The second-order valence-corrected chi connectivity index (χ2v) is 8.79. The summed E-state index contributed by atoms with van der Waals surface area (Å²) >= 11 is 0. The summed E-state index contributed by atoms with van der Waals surface area (Å²) in [6.45, 7) is 13.5. The second-order valence-electron chi connectivity index (χ2n) is 8.79. The molecule has 0 aliphatic carbocycles. The average Bonchev–Trinajstić information content (AvgIpc) is 2.82. The summed E-state index contributed by atoms with van der Waals surface area (Å²) < 4.78 is 13.9. The molecule has 2 aromatic rings. The quantitative estimate of drug-likeness (QED) is 0.533. The van der Waals surface area contributed by atoms with Gasteiger partial charge in [-0.05, 0) is 49.9 Å². The number of nitrogens with zero attached hydrogens (tertiary/aromatic N) is 3. The molecule has 1 aromatic carbocycles. The molecule has 6 heteroatoms. The van der Waals surface area contributed by atoms with Crippen LogP contribution in [0.2, 0.25) is 0 Å². The van der Waals surface area contributed by atoms with Crippen LogP contribution in [-0.2, 0) is 4.79 Å². The van der Waals surface area contributed by atoms with Crippen molar-refractivity contribution >= 4 is 22.5 Å². The Morgan fingerprint density at radius 1 is 1.22 bits per heavy atom. The number of carbonyl (C=O) groups is 1. The van der Waals surface area contributed by atoms with E-state index in [1.54, 1.807) is 18.3 Å². The number of hydrogen-bond donors (Lipinski definition) is 1. The van der Waals surface area contributed by atoms with Crippen LogP contribution in [0.3, 0.4) is 0 Å². The van der Waals surface area contributed by atoms with Crippen LogP contribution in [-0.4, -0.2) is 53.6 Å². The summed E-state index contributed by atoms with van der Waals surface area (Å²) in [7, 11) is 0. The van der Waals surface area contributed by atoms with Gasteiger partial charge in [0.2, 0.25) is 5.91 Å². The lowest BCUT2D eigenvalue weighted by Crippen LogP contribution is -2.58. The number of rotatable bonds is 10. The molecule has 0 saturated carbocycles. The molecule has 1 amide bonds. The first-order valence-corrected chi connectivity index (χ1v) is 11.9. The van der Waals surface area contributed by atoms with Crippen molar-refractivity contribution in [3.05, 3.63) is 48.9 Å². The van der Waals surface area contributed by atoms with Crippen molar-refractivity contribution in [3.63, 3.8) is 0 Å². The van der Waals surface area contributed by atoms with Crippen LogP contribution in [0.25, 0.3) is 10.9 Å². The lowest BCUT2D eigenvalue weighted by Gasteiger charge is -2.41. The molecular formula is C26H37FN4O. The van der Waals surface area contributed by atoms with E-state index in [-0.39, 0.29) is 23.3 Å². The van der Waals surface area contributed by atoms with E-state index in [4.69, 9.17) is 0 Å². The molecule has 2 heterocycles. The van der Waals surface area contributed by atoms with E-state index in [0.29, 0.717) is 0 Å². The molecule has 5 nitrogen and oxygen atoms in total. The topological polar surface area (TPSA) is 48.5 Å². The number of hydrogen-bond acceptors (Lipinski definition) is 4. The van der Waals surface area contributed by atoms with Crippen LogP contribution >= 0.6 is 0 Å². The molecule has 0 radical (unpaired) electrons. The molecule has 1 atom stereocenters. The minimum atomic E-state index is -0.250. The minimum Gasteiger partial charge on any atom is -0.368 e. The first-order valence-electron chi connectivity index (χ1n) is 11.9. The second kappa shape index (κ2) is 10.9. The van der Waals surface area contributed by atoms with Gasteiger partial charge in [-0.3, -0.25) is 14.7 Å². The fraction of sp³-hybridized carbons (Fsp3) is 0.538. The monoisotopic (exact) mass is 440 g/mol. The SMILES string of the molecule is C=CCC(CC)(CC)NC(=O)C(CCC)N1CCN(c2ccnc3ccc(F)cc23)CC1. The molecule has 174 valence electrons. The Labute approximate surface area is 191 Å². The minimum absolute atomic E-state index is 0.127. The van der Waals surface area contributed by atoms with Gasteiger partial charge in [-0.1, -0.05) is 33.3 Å². The van der Waals surface area contributed by atoms with Crippen molar-refractivity contribution < 1.29 is 9.18 Å². The molecule has 0 bridgehead atoms. The Hall–Kier alpha value is -2.47. The zero-order valence-electron chi connectivity index (χ0n) is 19.7. The molecule has 1 unspecified atom stereocenters. The Morgan fingerprint density at radius 3 is 2.56 bits per heavy atom. The Bertz CT molecular complexity index is 919. The maximum absolute atomic E-state index is 13.9. The van der Waals surface area contributed by atoms with E-state index in [2.05, 4.69) is 47.5 Å². The van der Waals surface area contributed by atoms with Crippen LogP contribution in [0.5, 0.6) is 0 Å². The summed E-state index contributed by atoms with van der Waals surface area (Å²) in [5.41, 5.74) is 1.59. The van der Waals surface area contributed by atoms with E-state index < -0.39 is 0 Å². The van der Waals surface area contributed by atoms with Crippen LogP contribution < -0.4 is 10.2 Å². The number of pyridine rings is 1. The highest BCUT2D eigenvalue weighted by molar-refractivity contribution is 5.91. The Balaban J connectivity index is 1.72. The third kappa shape index (κ3) is 5.29. The third-order valence-electron chi connectivity index (χ3n) is 6.92. The number of piperazine rings is 1. The van der Waals surface area contributed by atoms with Crippen molar-refractivity contribution in [2.45, 2.75) is 64.5 Å². The van der Waals surface area contributed by atoms with Crippen molar-refractivity contribution in [1.82, 2.24) is 15.2 Å². The van der Waals surface area contributed by atoms with Gasteiger partial charge >= 0.3 is 0 Å². The van der Waals surface area contributed by atoms with Gasteiger partial charge in [-0.15, -0.1) is 6.58 Å². The molecule has 1 N–H and O–H groups in total. The van der Waals surface area contributed by atoms with Gasteiger partial charge in [0.15, 0.2) is 0 Å². The third-order valence-corrected chi connectivity index (χ3v) is 6.92. The molecule has 0 spiro atoms.